The van der Waals surface area contributed by atoms with Gasteiger partial charge in [-0.05, 0) is 25.7 Å². The van der Waals surface area contributed by atoms with Crippen LogP contribution in [-0.2, 0) is 14.3 Å². The van der Waals surface area contributed by atoms with Crippen LogP contribution in [0, 0.1) is 0 Å². The molecular formula is C20H45N2O3+. The lowest BCUT2D eigenvalue weighted by molar-refractivity contribution is -0.929. The largest absolute Gasteiger partial charge is 0.394 e. The molecule has 0 saturated carbocycles. The van der Waals surface area contributed by atoms with Crippen LogP contribution >= 0.6 is 0 Å². The number of quaternary nitrogens is 1. The summed E-state index contributed by atoms with van der Waals surface area (Å²) in [5.41, 5.74) is 0. The van der Waals surface area contributed by atoms with Gasteiger partial charge in [0, 0.05) is 13.8 Å². The van der Waals surface area contributed by atoms with Crippen LogP contribution in [0.2, 0.25) is 0 Å². The fraction of sp³-hybridized carbons (Fsp3) is 0.900. The molecule has 0 atom stereocenters. The second kappa shape index (κ2) is 19.4. The van der Waals surface area contributed by atoms with Crippen molar-refractivity contribution in [3.8, 4) is 0 Å². The highest BCUT2D eigenvalue weighted by Crippen LogP contribution is 2.16. The summed E-state index contributed by atoms with van der Waals surface area (Å²) in [4.78, 5) is 19.6. The summed E-state index contributed by atoms with van der Waals surface area (Å²) in [6, 6.07) is 0. The van der Waals surface area contributed by atoms with Gasteiger partial charge in [0.2, 0.25) is 0 Å². The molecule has 0 heterocycles. The molecule has 5 nitrogen and oxygen atoms in total. The highest BCUT2D eigenvalue weighted by molar-refractivity contribution is 5.82. The summed E-state index contributed by atoms with van der Waals surface area (Å²) < 4.78 is 5.39. The Bertz CT molecular complexity index is 271. The minimum absolute atomic E-state index is 0. The van der Waals surface area contributed by atoms with Crippen LogP contribution in [-0.4, -0.2) is 42.6 Å². The summed E-state index contributed by atoms with van der Waals surface area (Å²) in [6.07, 6.45) is 11.1. The van der Waals surface area contributed by atoms with Gasteiger partial charge in [-0.3, -0.25) is 9.59 Å². The van der Waals surface area contributed by atoms with E-state index in [0.717, 1.165) is 0 Å². The third kappa shape index (κ3) is 19.2. The highest BCUT2D eigenvalue weighted by atomic mass is 16.6. The Balaban J connectivity index is -0.000000513. The van der Waals surface area contributed by atoms with Gasteiger partial charge in [-0.15, -0.1) is 0 Å². The van der Waals surface area contributed by atoms with Gasteiger partial charge in [0.05, 0.1) is 26.2 Å². The molecule has 0 aromatic carbocycles. The number of nitrogens with zero attached hydrogens (tertiary/aromatic N) is 1. The average molecular weight is 362 g/mol. The van der Waals surface area contributed by atoms with E-state index >= 15 is 0 Å². The minimum atomic E-state index is -0.562. The molecule has 0 radical (unpaired) electrons. The smallest absolute Gasteiger partial charge is 0.310 e. The van der Waals surface area contributed by atoms with Gasteiger partial charge in [-0.2, -0.15) is 0 Å². The van der Waals surface area contributed by atoms with Crippen molar-refractivity contribution in [2.75, 3.05) is 26.2 Å². The SMILES string of the molecule is CC(=O)OC(C)=O.CCCC[N+](CCCC)(CCCC)CCCC.N. The molecule has 3 N–H and O–H groups in total. The Kier molecular flexibility index (Phi) is 22.4. The lowest BCUT2D eigenvalue weighted by Gasteiger charge is -2.39. The zero-order chi connectivity index (χ0) is 18.8. The van der Waals surface area contributed by atoms with Crippen LogP contribution in [0.1, 0.15) is 92.9 Å². The van der Waals surface area contributed by atoms with Crippen molar-refractivity contribution < 1.29 is 18.8 Å². The maximum absolute atomic E-state index is 9.81. The second-order valence-corrected chi connectivity index (χ2v) is 6.74. The maximum atomic E-state index is 9.81. The van der Waals surface area contributed by atoms with E-state index in [1.54, 1.807) is 0 Å². The van der Waals surface area contributed by atoms with Crippen LogP contribution in [0.3, 0.4) is 0 Å². The summed E-state index contributed by atoms with van der Waals surface area (Å²) in [5, 5.41) is 0. The zero-order valence-electron chi connectivity index (χ0n) is 17.9. The number of rotatable bonds is 12. The van der Waals surface area contributed by atoms with Crippen LogP contribution in [0.25, 0.3) is 0 Å². The van der Waals surface area contributed by atoms with E-state index in [1.807, 2.05) is 0 Å². The van der Waals surface area contributed by atoms with Gasteiger partial charge in [0.15, 0.2) is 0 Å². The molecule has 0 aromatic rings. The average Bonchev–Trinajstić information content (AvgIpc) is 2.53. The maximum Gasteiger partial charge on any atom is 0.310 e. The van der Waals surface area contributed by atoms with Crippen molar-refractivity contribution in [1.29, 1.82) is 0 Å². The topological polar surface area (TPSA) is 78.4 Å². The zero-order valence-corrected chi connectivity index (χ0v) is 17.9. The number of carbonyl (C=O) groups is 2. The molecular weight excluding hydrogens is 316 g/mol. The third-order valence-corrected chi connectivity index (χ3v) is 4.23. The fourth-order valence-corrected chi connectivity index (χ4v) is 2.85. The van der Waals surface area contributed by atoms with Crippen LogP contribution in [0.4, 0.5) is 0 Å². The Morgan fingerprint density at radius 3 is 1.00 bits per heavy atom. The third-order valence-electron chi connectivity index (χ3n) is 4.23. The number of carbonyl (C=O) groups excluding carboxylic acids is 2. The van der Waals surface area contributed by atoms with E-state index in [0.29, 0.717) is 0 Å². The molecule has 0 unspecified atom stereocenters. The number of hydrogen-bond donors (Lipinski definition) is 1. The Hall–Kier alpha value is -0.940. The predicted octanol–water partition coefficient (Wildman–Crippen LogP) is 5.26. The first-order valence-corrected chi connectivity index (χ1v) is 9.91. The number of esters is 2. The molecule has 0 amide bonds. The van der Waals surface area contributed by atoms with E-state index < -0.39 is 11.9 Å². The first-order chi connectivity index (χ1) is 11.4. The molecule has 152 valence electrons. The quantitative estimate of drug-likeness (QED) is 0.292. The van der Waals surface area contributed by atoms with E-state index in [1.165, 1.54) is 95.9 Å². The molecule has 0 aliphatic rings. The van der Waals surface area contributed by atoms with Gasteiger partial charge >= 0.3 is 11.9 Å². The Morgan fingerprint density at radius 1 is 0.640 bits per heavy atom. The highest BCUT2D eigenvalue weighted by Gasteiger charge is 2.24. The van der Waals surface area contributed by atoms with E-state index in [2.05, 4.69) is 32.4 Å². The van der Waals surface area contributed by atoms with Crippen LogP contribution in [0.15, 0.2) is 0 Å². The van der Waals surface area contributed by atoms with E-state index in [4.69, 9.17) is 0 Å². The molecule has 0 rings (SSSR count). The van der Waals surface area contributed by atoms with Crippen molar-refractivity contribution in [1.82, 2.24) is 6.15 Å². The normalized spacial score (nSPS) is 10.3. The molecule has 0 fully saturated rings. The first kappa shape index (κ1) is 28.8. The van der Waals surface area contributed by atoms with Crippen molar-refractivity contribution in [3.63, 3.8) is 0 Å². The molecule has 5 heteroatoms. The molecule has 0 aliphatic carbocycles. The van der Waals surface area contributed by atoms with Crippen LogP contribution in [0.5, 0.6) is 0 Å². The second-order valence-electron chi connectivity index (χ2n) is 6.74. The molecule has 0 aliphatic heterocycles. The van der Waals surface area contributed by atoms with Crippen molar-refractivity contribution in [2.24, 2.45) is 0 Å². The van der Waals surface area contributed by atoms with Crippen LogP contribution < -0.4 is 6.15 Å². The van der Waals surface area contributed by atoms with Crippen molar-refractivity contribution in [2.45, 2.75) is 92.9 Å². The Morgan fingerprint density at radius 2 is 0.880 bits per heavy atom. The van der Waals surface area contributed by atoms with Crippen molar-refractivity contribution >= 4 is 11.9 Å². The lowest BCUT2D eigenvalue weighted by Crippen LogP contribution is -2.50. The summed E-state index contributed by atoms with van der Waals surface area (Å²) in [5.74, 6) is -1.12. The summed E-state index contributed by atoms with van der Waals surface area (Å²) in [6.45, 7) is 17.4. The van der Waals surface area contributed by atoms with Gasteiger partial charge in [0.25, 0.3) is 0 Å². The molecule has 0 bridgehead atoms. The Labute approximate surface area is 156 Å². The standard InChI is InChI=1S/C16H36N.C4H6O3.H3N/c1-5-9-13-17(14-10-6-2,15-11-7-3)16-12-8-4;1-3(5)7-4(2)6;/h5-16H2,1-4H3;1-2H3;1H3/q+1;;. The van der Waals surface area contributed by atoms with Gasteiger partial charge in [-0.1, -0.05) is 53.4 Å². The number of unbranched alkanes of at least 4 members (excludes halogenated alkanes) is 4. The number of ether oxygens (including phenoxy) is 1. The van der Waals surface area contributed by atoms with Crippen molar-refractivity contribution in [3.05, 3.63) is 0 Å². The minimum Gasteiger partial charge on any atom is -0.394 e. The summed E-state index contributed by atoms with van der Waals surface area (Å²) >= 11 is 0. The molecule has 0 saturated heterocycles. The lowest BCUT2D eigenvalue weighted by atomic mass is 10.1. The van der Waals surface area contributed by atoms with E-state index in [-0.39, 0.29) is 6.15 Å². The van der Waals surface area contributed by atoms with Gasteiger partial charge < -0.3 is 15.4 Å². The molecule has 0 aromatic heterocycles. The predicted molar refractivity (Wildman–Crippen MR) is 107 cm³/mol. The fourth-order valence-electron chi connectivity index (χ4n) is 2.85. The summed E-state index contributed by atoms with van der Waals surface area (Å²) in [7, 11) is 0. The van der Waals surface area contributed by atoms with Gasteiger partial charge in [0.1, 0.15) is 0 Å². The van der Waals surface area contributed by atoms with E-state index in [9.17, 15) is 9.59 Å². The first-order valence-electron chi connectivity index (χ1n) is 9.91. The monoisotopic (exact) mass is 361 g/mol. The molecule has 0 spiro atoms. The van der Waals surface area contributed by atoms with Gasteiger partial charge in [-0.25, -0.2) is 0 Å². The number of hydrogen-bond acceptors (Lipinski definition) is 4. The molecule has 25 heavy (non-hydrogen) atoms.